The number of carbonyl (C=O) groups is 3. The molecule has 3 rings (SSSR count). The first-order chi connectivity index (χ1) is 13.4. The number of benzene rings is 2. The summed E-state index contributed by atoms with van der Waals surface area (Å²) in [6.45, 7) is 2.24. The van der Waals surface area contributed by atoms with Gasteiger partial charge in [0.05, 0.1) is 11.0 Å². The number of carbonyl (C=O) groups excluding carboxylic acids is 3. The minimum Gasteiger partial charge on any atom is -0.484 e. The van der Waals surface area contributed by atoms with Crippen LogP contribution in [0.3, 0.4) is 0 Å². The average Bonchev–Trinajstić information content (AvgIpc) is 3.02. The fourth-order valence-electron chi connectivity index (χ4n) is 2.72. The molecule has 144 valence electrons. The third-order valence-electron chi connectivity index (χ3n) is 4.11. The Labute approximate surface area is 160 Å². The molecule has 0 bridgehead atoms. The van der Waals surface area contributed by atoms with Crippen LogP contribution in [0.25, 0.3) is 11.0 Å². The van der Waals surface area contributed by atoms with Crippen LogP contribution in [0.15, 0.2) is 42.5 Å². The van der Waals surface area contributed by atoms with Gasteiger partial charge in [0, 0.05) is 17.7 Å². The number of hydrogen-bond acceptors (Lipinski definition) is 5. The lowest BCUT2D eigenvalue weighted by Crippen LogP contribution is -2.22. The monoisotopic (exact) mass is 381 g/mol. The predicted octanol–water partition coefficient (Wildman–Crippen LogP) is 1.27. The number of rotatable bonds is 7. The standard InChI is InChI=1S/C19H19N5O4/c1-2-24-15-8-5-12(18(21)27)9-14(15)22-19(24)23-16(25)10-28-13-6-3-11(4-7-13)17(20)26/h3-9H,2,10H2,1H3,(H2,20,26)(H2,21,27)(H,22,23,25). The lowest BCUT2D eigenvalue weighted by molar-refractivity contribution is -0.118. The maximum atomic E-state index is 12.2. The minimum absolute atomic E-state index is 0.241. The van der Waals surface area contributed by atoms with E-state index in [2.05, 4.69) is 10.3 Å². The van der Waals surface area contributed by atoms with Gasteiger partial charge < -0.3 is 20.8 Å². The number of anilines is 1. The van der Waals surface area contributed by atoms with E-state index in [0.29, 0.717) is 34.9 Å². The molecule has 1 heterocycles. The molecule has 1 aromatic heterocycles. The van der Waals surface area contributed by atoms with Crippen LogP contribution in [0, 0.1) is 0 Å². The first kappa shape index (κ1) is 18.9. The van der Waals surface area contributed by atoms with E-state index in [1.54, 1.807) is 34.9 Å². The normalized spacial score (nSPS) is 10.6. The molecule has 3 aromatic rings. The van der Waals surface area contributed by atoms with Crippen molar-refractivity contribution < 1.29 is 19.1 Å². The summed E-state index contributed by atoms with van der Waals surface area (Å²) in [6.07, 6.45) is 0. The summed E-state index contributed by atoms with van der Waals surface area (Å²) in [5.41, 5.74) is 12.5. The molecule has 0 aliphatic carbocycles. The molecule has 0 aliphatic rings. The number of nitrogens with two attached hydrogens (primary N) is 2. The van der Waals surface area contributed by atoms with Crippen molar-refractivity contribution in [1.29, 1.82) is 0 Å². The van der Waals surface area contributed by atoms with Crippen LogP contribution in [0.2, 0.25) is 0 Å². The Morgan fingerprint density at radius 3 is 2.29 bits per heavy atom. The molecule has 0 saturated heterocycles. The number of fused-ring (bicyclic) bond motifs is 1. The van der Waals surface area contributed by atoms with Crippen molar-refractivity contribution in [2.24, 2.45) is 11.5 Å². The van der Waals surface area contributed by atoms with Gasteiger partial charge in [0.25, 0.3) is 5.91 Å². The molecule has 9 heteroatoms. The number of imidazole rings is 1. The van der Waals surface area contributed by atoms with E-state index in [4.69, 9.17) is 16.2 Å². The summed E-state index contributed by atoms with van der Waals surface area (Å²) in [6, 6.07) is 11.1. The third-order valence-corrected chi connectivity index (χ3v) is 4.11. The van der Waals surface area contributed by atoms with Crippen LogP contribution in [0.1, 0.15) is 27.6 Å². The first-order valence-electron chi connectivity index (χ1n) is 8.51. The van der Waals surface area contributed by atoms with Crippen LogP contribution in [0.5, 0.6) is 5.75 Å². The number of aromatic nitrogens is 2. The van der Waals surface area contributed by atoms with Gasteiger partial charge >= 0.3 is 0 Å². The molecule has 0 aliphatic heterocycles. The van der Waals surface area contributed by atoms with Crippen molar-refractivity contribution in [3.63, 3.8) is 0 Å². The second kappa shape index (κ2) is 7.78. The Morgan fingerprint density at radius 1 is 1.04 bits per heavy atom. The van der Waals surface area contributed by atoms with E-state index in [1.807, 2.05) is 6.92 Å². The van der Waals surface area contributed by atoms with Crippen molar-refractivity contribution in [2.45, 2.75) is 13.5 Å². The van der Waals surface area contributed by atoms with Gasteiger partial charge in [-0.2, -0.15) is 0 Å². The van der Waals surface area contributed by atoms with Gasteiger partial charge in [-0.3, -0.25) is 19.7 Å². The van der Waals surface area contributed by atoms with Gasteiger partial charge in [-0.25, -0.2) is 4.98 Å². The summed E-state index contributed by atoms with van der Waals surface area (Å²) in [5.74, 6) is -0.720. The SMILES string of the molecule is CCn1c(NC(=O)COc2ccc(C(N)=O)cc2)nc2cc(C(N)=O)ccc21. The van der Waals surface area contributed by atoms with Gasteiger partial charge in [0.1, 0.15) is 5.75 Å². The highest BCUT2D eigenvalue weighted by molar-refractivity contribution is 5.97. The van der Waals surface area contributed by atoms with Crippen LogP contribution in [-0.2, 0) is 11.3 Å². The zero-order valence-electron chi connectivity index (χ0n) is 15.1. The third kappa shape index (κ3) is 3.93. The quantitative estimate of drug-likeness (QED) is 0.565. The molecule has 0 saturated carbocycles. The van der Waals surface area contributed by atoms with Crippen LogP contribution in [0.4, 0.5) is 5.95 Å². The largest absolute Gasteiger partial charge is 0.484 e. The number of primary amides is 2. The second-order valence-corrected chi connectivity index (χ2v) is 5.97. The molecule has 2 aromatic carbocycles. The molecule has 0 atom stereocenters. The summed E-state index contributed by atoms with van der Waals surface area (Å²) in [4.78, 5) is 39.0. The number of aryl methyl sites for hydroxylation is 1. The van der Waals surface area contributed by atoms with Crippen molar-refractivity contribution in [2.75, 3.05) is 11.9 Å². The number of nitrogens with one attached hydrogen (secondary N) is 1. The zero-order chi connectivity index (χ0) is 20.3. The molecule has 5 N–H and O–H groups in total. The van der Waals surface area contributed by atoms with E-state index < -0.39 is 17.7 Å². The summed E-state index contributed by atoms with van der Waals surface area (Å²) in [7, 11) is 0. The molecular formula is C19H19N5O4. The van der Waals surface area contributed by atoms with Gasteiger partial charge in [0.2, 0.25) is 17.8 Å². The van der Waals surface area contributed by atoms with Crippen molar-refractivity contribution in [3.05, 3.63) is 53.6 Å². The fourth-order valence-corrected chi connectivity index (χ4v) is 2.72. The number of ether oxygens (including phenoxy) is 1. The molecule has 0 fully saturated rings. The van der Waals surface area contributed by atoms with Crippen LogP contribution >= 0.6 is 0 Å². The summed E-state index contributed by atoms with van der Waals surface area (Å²) < 4.78 is 7.22. The van der Waals surface area contributed by atoms with Gasteiger partial charge in [-0.15, -0.1) is 0 Å². The topological polar surface area (TPSA) is 142 Å². The maximum Gasteiger partial charge on any atom is 0.264 e. The van der Waals surface area contributed by atoms with E-state index in [9.17, 15) is 14.4 Å². The Kier molecular flexibility index (Phi) is 5.25. The second-order valence-electron chi connectivity index (χ2n) is 5.97. The molecule has 28 heavy (non-hydrogen) atoms. The van der Waals surface area contributed by atoms with Gasteiger partial charge in [0.15, 0.2) is 6.61 Å². The molecule has 0 spiro atoms. The van der Waals surface area contributed by atoms with Crippen molar-refractivity contribution in [3.8, 4) is 5.75 Å². The van der Waals surface area contributed by atoms with Gasteiger partial charge in [-0.05, 0) is 49.4 Å². The lowest BCUT2D eigenvalue weighted by atomic mass is 10.2. The predicted molar refractivity (Wildman–Crippen MR) is 103 cm³/mol. The Hall–Kier alpha value is -3.88. The molecule has 0 radical (unpaired) electrons. The summed E-state index contributed by atoms with van der Waals surface area (Å²) >= 11 is 0. The molecule has 3 amide bonds. The average molecular weight is 381 g/mol. The van der Waals surface area contributed by atoms with E-state index in [1.165, 1.54) is 12.1 Å². The number of nitrogens with zero attached hydrogens (tertiary/aromatic N) is 2. The highest BCUT2D eigenvalue weighted by Gasteiger charge is 2.14. The van der Waals surface area contributed by atoms with E-state index >= 15 is 0 Å². The molecular weight excluding hydrogens is 362 g/mol. The zero-order valence-corrected chi connectivity index (χ0v) is 15.1. The van der Waals surface area contributed by atoms with Crippen LogP contribution < -0.4 is 21.5 Å². The fraction of sp³-hybridized carbons (Fsp3) is 0.158. The Bertz CT molecular complexity index is 1060. The van der Waals surface area contributed by atoms with E-state index in [0.717, 1.165) is 5.52 Å². The van der Waals surface area contributed by atoms with Gasteiger partial charge in [-0.1, -0.05) is 0 Å². The Balaban J connectivity index is 1.71. The number of amides is 3. The first-order valence-corrected chi connectivity index (χ1v) is 8.51. The van der Waals surface area contributed by atoms with Crippen molar-refractivity contribution >= 4 is 34.7 Å². The molecule has 9 nitrogen and oxygen atoms in total. The summed E-state index contributed by atoms with van der Waals surface area (Å²) in [5, 5.41) is 2.70. The molecule has 0 unspecified atom stereocenters. The number of hydrogen-bond donors (Lipinski definition) is 3. The van der Waals surface area contributed by atoms with Crippen LogP contribution in [-0.4, -0.2) is 33.9 Å². The van der Waals surface area contributed by atoms with Crippen molar-refractivity contribution in [1.82, 2.24) is 9.55 Å². The Morgan fingerprint density at radius 2 is 1.68 bits per heavy atom. The maximum absolute atomic E-state index is 12.2. The minimum atomic E-state index is -0.547. The highest BCUT2D eigenvalue weighted by atomic mass is 16.5. The highest BCUT2D eigenvalue weighted by Crippen LogP contribution is 2.21. The smallest absolute Gasteiger partial charge is 0.264 e. The van der Waals surface area contributed by atoms with E-state index in [-0.39, 0.29) is 6.61 Å². The lowest BCUT2D eigenvalue weighted by Gasteiger charge is -2.09.